The molecule has 2 aromatic rings. The number of ether oxygens (including phenoxy) is 2. The number of anilines is 2. The topological polar surface area (TPSA) is 59.6 Å². The maximum absolute atomic E-state index is 12.3. The van der Waals surface area contributed by atoms with Crippen LogP contribution in [0.5, 0.6) is 11.5 Å². The van der Waals surface area contributed by atoms with Gasteiger partial charge in [0, 0.05) is 23.5 Å². The Bertz CT molecular complexity index is 696. The Morgan fingerprint density at radius 3 is 2.48 bits per heavy atom. The van der Waals surface area contributed by atoms with Crippen LogP contribution in [0.1, 0.15) is 24.2 Å². The molecule has 120 valence electrons. The number of carbonyl (C=O) groups excluding carboxylic acids is 1. The number of nitrogens with one attached hydrogen (secondary N) is 2. The molecule has 0 aromatic heterocycles. The second-order valence-corrected chi connectivity index (χ2v) is 5.87. The van der Waals surface area contributed by atoms with E-state index in [1.807, 2.05) is 24.3 Å². The van der Waals surface area contributed by atoms with Gasteiger partial charge in [-0.1, -0.05) is 13.8 Å². The number of carbonyl (C=O) groups is 1. The summed E-state index contributed by atoms with van der Waals surface area (Å²) in [6.07, 6.45) is 0. The summed E-state index contributed by atoms with van der Waals surface area (Å²) >= 11 is 0. The molecule has 0 radical (unpaired) electrons. The number of fused-ring (bicyclic) bond motifs is 1. The van der Waals surface area contributed by atoms with Crippen LogP contribution in [0.15, 0.2) is 42.5 Å². The fraction of sp³-hybridized carbons (Fsp3) is 0.278. The molecule has 0 saturated heterocycles. The minimum absolute atomic E-state index is 0.175. The molecule has 5 nitrogen and oxygen atoms in total. The van der Waals surface area contributed by atoms with Crippen molar-refractivity contribution >= 4 is 17.3 Å². The van der Waals surface area contributed by atoms with E-state index in [9.17, 15) is 4.79 Å². The molecule has 0 aliphatic carbocycles. The molecule has 0 atom stereocenters. The van der Waals surface area contributed by atoms with Crippen molar-refractivity contribution in [2.75, 3.05) is 24.0 Å². The van der Waals surface area contributed by atoms with Crippen LogP contribution in [-0.4, -0.2) is 19.2 Å². The van der Waals surface area contributed by atoms with Crippen LogP contribution in [0.4, 0.5) is 11.4 Å². The van der Waals surface area contributed by atoms with Crippen molar-refractivity contribution in [1.82, 2.24) is 0 Å². The molecule has 3 rings (SSSR count). The summed E-state index contributed by atoms with van der Waals surface area (Å²) in [6.45, 7) is 5.44. The van der Waals surface area contributed by atoms with Crippen LogP contribution in [0.3, 0.4) is 0 Å². The van der Waals surface area contributed by atoms with Crippen molar-refractivity contribution < 1.29 is 14.3 Å². The average Bonchev–Trinajstić information content (AvgIpc) is 3.01. The Labute approximate surface area is 135 Å². The van der Waals surface area contributed by atoms with Gasteiger partial charge in [-0.3, -0.25) is 4.79 Å². The third-order valence-electron chi connectivity index (χ3n) is 3.49. The Balaban J connectivity index is 1.63. The van der Waals surface area contributed by atoms with Gasteiger partial charge in [0.05, 0.1) is 0 Å². The first-order valence-electron chi connectivity index (χ1n) is 7.67. The summed E-state index contributed by atoms with van der Waals surface area (Å²) in [5, 5.41) is 6.22. The van der Waals surface area contributed by atoms with Crippen LogP contribution in [0.2, 0.25) is 0 Å². The van der Waals surface area contributed by atoms with Gasteiger partial charge in [0.25, 0.3) is 5.91 Å². The zero-order valence-corrected chi connectivity index (χ0v) is 13.3. The molecule has 0 unspecified atom stereocenters. The lowest BCUT2D eigenvalue weighted by atomic mass is 10.2. The highest BCUT2D eigenvalue weighted by Crippen LogP contribution is 2.32. The molecular formula is C18H20N2O3. The van der Waals surface area contributed by atoms with Crippen LogP contribution in [0, 0.1) is 5.92 Å². The van der Waals surface area contributed by atoms with Crippen molar-refractivity contribution in [2.24, 2.45) is 5.92 Å². The largest absolute Gasteiger partial charge is 0.454 e. The van der Waals surface area contributed by atoms with Crippen molar-refractivity contribution in [2.45, 2.75) is 13.8 Å². The molecule has 1 aliphatic rings. The van der Waals surface area contributed by atoms with E-state index < -0.39 is 0 Å². The monoisotopic (exact) mass is 312 g/mol. The van der Waals surface area contributed by atoms with E-state index in [-0.39, 0.29) is 12.7 Å². The van der Waals surface area contributed by atoms with E-state index in [1.54, 1.807) is 18.2 Å². The van der Waals surface area contributed by atoms with Crippen LogP contribution >= 0.6 is 0 Å². The predicted molar refractivity (Wildman–Crippen MR) is 90.3 cm³/mol. The van der Waals surface area contributed by atoms with Crippen molar-refractivity contribution in [3.63, 3.8) is 0 Å². The second kappa shape index (κ2) is 6.60. The molecule has 2 N–H and O–H groups in total. The van der Waals surface area contributed by atoms with Crippen LogP contribution in [0.25, 0.3) is 0 Å². The average molecular weight is 312 g/mol. The Morgan fingerprint density at radius 2 is 1.74 bits per heavy atom. The number of hydrogen-bond acceptors (Lipinski definition) is 4. The molecule has 0 bridgehead atoms. The zero-order valence-electron chi connectivity index (χ0n) is 13.3. The number of rotatable bonds is 5. The fourth-order valence-electron chi connectivity index (χ4n) is 2.23. The highest BCUT2D eigenvalue weighted by atomic mass is 16.7. The van der Waals surface area contributed by atoms with Crippen LogP contribution < -0.4 is 20.1 Å². The first kappa shape index (κ1) is 15.2. The third kappa shape index (κ3) is 3.74. The maximum Gasteiger partial charge on any atom is 0.255 e. The van der Waals surface area contributed by atoms with Gasteiger partial charge in [-0.05, 0) is 48.4 Å². The minimum atomic E-state index is -0.175. The SMILES string of the molecule is CC(C)CNc1ccc(NC(=O)c2ccc3c(c2)OCO3)cc1. The lowest BCUT2D eigenvalue weighted by Gasteiger charge is -2.10. The van der Waals surface area contributed by atoms with Crippen molar-refractivity contribution in [3.8, 4) is 11.5 Å². The summed E-state index contributed by atoms with van der Waals surface area (Å²) in [5.41, 5.74) is 2.33. The number of hydrogen-bond donors (Lipinski definition) is 2. The van der Waals surface area contributed by atoms with E-state index in [0.717, 1.165) is 17.9 Å². The molecule has 1 aliphatic heterocycles. The van der Waals surface area contributed by atoms with Gasteiger partial charge >= 0.3 is 0 Å². The maximum atomic E-state index is 12.3. The van der Waals surface area contributed by atoms with Gasteiger partial charge in [0.15, 0.2) is 11.5 Å². The van der Waals surface area contributed by atoms with Crippen molar-refractivity contribution in [3.05, 3.63) is 48.0 Å². The minimum Gasteiger partial charge on any atom is -0.454 e. The lowest BCUT2D eigenvalue weighted by Crippen LogP contribution is -2.12. The van der Waals surface area contributed by atoms with E-state index in [0.29, 0.717) is 23.0 Å². The molecule has 0 fully saturated rings. The summed E-state index contributed by atoms with van der Waals surface area (Å²) in [5.74, 6) is 1.68. The van der Waals surface area contributed by atoms with E-state index in [4.69, 9.17) is 9.47 Å². The molecule has 1 heterocycles. The first-order chi connectivity index (χ1) is 11.1. The third-order valence-corrected chi connectivity index (χ3v) is 3.49. The van der Waals surface area contributed by atoms with Gasteiger partial charge in [-0.15, -0.1) is 0 Å². The van der Waals surface area contributed by atoms with Gasteiger partial charge in [0.2, 0.25) is 6.79 Å². The predicted octanol–water partition coefficient (Wildman–Crippen LogP) is 3.74. The van der Waals surface area contributed by atoms with Gasteiger partial charge in [-0.2, -0.15) is 0 Å². The quantitative estimate of drug-likeness (QED) is 0.883. The molecule has 5 heteroatoms. The smallest absolute Gasteiger partial charge is 0.255 e. The normalized spacial score (nSPS) is 12.3. The highest BCUT2D eigenvalue weighted by molar-refractivity contribution is 6.04. The Kier molecular flexibility index (Phi) is 4.37. The number of benzene rings is 2. The summed E-state index contributed by atoms with van der Waals surface area (Å²) in [6, 6.07) is 12.8. The summed E-state index contributed by atoms with van der Waals surface area (Å²) < 4.78 is 10.5. The zero-order chi connectivity index (χ0) is 16.2. The summed E-state index contributed by atoms with van der Waals surface area (Å²) in [7, 11) is 0. The fourth-order valence-corrected chi connectivity index (χ4v) is 2.23. The first-order valence-corrected chi connectivity index (χ1v) is 7.67. The van der Waals surface area contributed by atoms with Gasteiger partial charge in [-0.25, -0.2) is 0 Å². The number of amides is 1. The van der Waals surface area contributed by atoms with E-state index in [1.165, 1.54) is 0 Å². The molecule has 1 amide bonds. The molecule has 0 spiro atoms. The lowest BCUT2D eigenvalue weighted by molar-refractivity contribution is 0.102. The van der Waals surface area contributed by atoms with E-state index in [2.05, 4.69) is 24.5 Å². The molecule has 23 heavy (non-hydrogen) atoms. The van der Waals surface area contributed by atoms with Gasteiger partial charge < -0.3 is 20.1 Å². The Hall–Kier alpha value is -2.69. The van der Waals surface area contributed by atoms with Crippen LogP contribution in [-0.2, 0) is 0 Å². The molecule has 0 saturated carbocycles. The molecular weight excluding hydrogens is 292 g/mol. The highest BCUT2D eigenvalue weighted by Gasteiger charge is 2.16. The summed E-state index contributed by atoms with van der Waals surface area (Å²) in [4.78, 5) is 12.3. The molecule has 2 aromatic carbocycles. The standard InChI is InChI=1S/C18H20N2O3/c1-12(2)10-19-14-4-6-15(7-5-14)20-18(21)13-3-8-16-17(9-13)23-11-22-16/h3-9,12,19H,10-11H2,1-2H3,(H,20,21). The second-order valence-electron chi connectivity index (χ2n) is 5.87. The van der Waals surface area contributed by atoms with Crippen molar-refractivity contribution in [1.29, 1.82) is 0 Å². The van der Waals surface area contributed by atoms with E-state index >= 15 is 0 Å². The van der Waals surface area contributed by atoms with Gasteiger partial charge in [0.1, 0.15) is 0 Å². The Morgan fingerprint density at radius 1 is 1.04 bits per heavy atom.